The van der Waals surface area contributed by atoms with E-state index in [1.54, 1.807) is 5.57 Å². The number of nitrogens with two attached hydrogens (primary N) is 1. The predicted molar refractivity (Wildman–Crippen MR) is 113 cm³/mol. The molecule has 3 N–H and O–H groups in total. The molecule has 0 radical (unpaired) electrons. The zero-order valence-electron chi connectivity index (χ0n) is 18.0. The summed E-state index contributed by atoms with van der Waals surface area (Å²) in [6, 6.07) is 0.395. The minimum Gasteiger partial charge on any atom is -0.396 e. The molecule has 0 spiro atoms. The topological polar surface area (TPSA) is 55.5 Å². The van der Waals surface area contributed by atoms with Crippen LogP contribution in [0.15, 0.2) is 11.6 Å². The van der Waals surface area contributed by atoms with Crippen molar-refractivity contribution in [2.75, 3.05) is 6.61 Å². The van der Waals surface area contributed by atoms with Gasteiger partial charge in [-0.05, 0) is 105 Å². The lowest BCUT2D eigenvalue weighted by atomic mass is 9.47. The van der Waals surface area contributed by atoms with E-state index in [9.17, 15) is 0 Å². The highest BCUT2D eigenvalue weighted by atomic mass is 16.5. The lowest BCUT2D eigenvalue weighted by Crippen LogP contribution is -2.51. The fraction of sp³-hybridized carbons (Fsp3) is 0.920. The van der Waals surface area contributed by atoms with Gasteiger partial charge in [-0.25, -0.2) is 0 Å². The maximum Gasteiger partial charge on any atom is 0.0616 e. The molecule has 1 aliphatic heterocycles. The first kappa shape index (κ1) is 19.6. The van der Waals surface area contributed by atoms with E-state index in [-0.39, 0.29) is 0 Å². The molecule has 9 atom stereocenters. The third-order valence-electron chi connectivity index (χ3n) is 10.2. The molecule has 4 fully saturated rings. The smallest absolute Gasteiger partial charge is 0.0616 e. The summed E-state index contributed by atoms with van der Waals surface area (Å²) in [4.78, 5) is 0. The largest absolute Gasteiger partial charge is 0.396 e. The van der Waals surface area contributed by atoms with Gasteiger partial charge in [0.25, 0.3) is 0 Å². The van der Waals surface area contributed by atoms with E-state index >= 15 is 0 Å². The number of unbranched alkanes of at least 4 members (excludes halogenated alkanes) is 1. The van der Waals surface area contributed by atoms with Gasteiger partial charge in [-0.3, -0.25) is 0 Å². The highest BCUT2D eigenvalue weighted by molar-refractivity contribution is 5.26. The Hall–Kier alpha value is -0.380. The number of rotatable bonds is 4. The standard InChI is InChI=1S/C25H41NO2/c1-24-10-8-17(26)13-16(24)6-7-19-20(24)9-11-25(2)21(19)15-23-22(25)14-18(28-23)5-3-4-12-27/h6,17-23,27H,3-5,7-15,26H2,1-2H3/t17-,18?,19?,20?,21?,22?,23?,24?,25?/m1/s1. The van der Waals surface area contributed by atoms with Crippen molar-refractivity contribution in [1.29, 1.82) is 0 Å². The van der Waals surface area contributed by atoms with Gasteiger partial charge in [-0.1, -0.05) is 25.5 Å². The van der Waals surface area contributed by atoms with Crippen LogP contribution in [0, 0.1) is 34.5 Å². The molecule has 158 valence electrons. The first-order valence-corrected chi connectivity index (χ1v) is 12.2. The highest BCUT2D eigenvalue weighted by Gasteiger charge is 2.63. The van der Waals surface area contributed by atoms with Gasteiger partial charge in [-0.15, -0.1) is 0 Å². The molecule has 5 aliphatic rings. The summed E-state index contributed by atoms with van der Waals surface area (Å²) in [6.07, 6.45) is 17.1. The van der Waals surface area contributed by atoms with E-state index in [4.69, 9.17) is 15.6 Å². The first-order chi connectivity index (χ1) is 13.5. The van der Waals surface area contributed by atoms with Crippen molar-refractivity contribution in [2.24, 2.45) is 40.2 Å². The minimum atomic E-state index is 0.321. The van der Waals surface area contributed by atoms with Crippen LogP contribution in [0.1, 0.15) is 84.5 Å². The molecule has 1 saturated heterocycles. The fourth-order valence-electron chi connectivity index (χ4n) is 8.61. The maximum absolute atomic E-state index is 9.07. The average Bonchev–Trinajstić information content (AvgIpc) is 3.19. The molecule has 3 saturated carbocycles. The molecular formula is C25H41NO2. The molecule has 5 rings (SSSR count). The van der Waals surface area contributed by atoms with Crippen LogP contribution in [0.2, 0.25) is 0 Å². The van der Waals surface area contributed by atoms with Gasteiger partial charge in [0.15, 0.2) is 0 Å². The number of hydrogen-bond acceptors (Lipinski definition) is 3. The number of ether oxygens (including phenoxy) is 1. The molecule has 28 heavy (non-hydrogen) atoms. The second-order valence-corrected chi connectivity index (χ2v) is 11.4. The van der Waals surface area contributed by atoms with Crippen molar-refractivity contribution in [3.8, 4) is 0 Å². The van der Waals surface area contributed by atoms with Crippen LogP contribution in [0.25, 0.3) is 0 Å². The maximum atomic E-state index is 9.07. The second-order valence-electron chi connectivity index (χ2n) is 11.4. The van der Waals surface area contributed by atoms with Gasteiger partial charge in [-0.2, -0.15) is 0 Å². The van der Waals surface area contributed by atoms with E-state index in [1.165, 1.54) is 44.9 Å². The Morgan fingerprint density at radius 3 is 2.79 bits per heavy atom. The van der Waals surface area contributed by atoms with Crippen molar-refractivity contribution < 1.29 is 9.84 Å². The summed E-state index contributed by atoms with van der Waals surface area (Å²) in [5.41, 5.74) is 8.94. The van der Waals surface area contributed by atoms with E-state index < -0.39 is 0 Å². The zero-order valence-corrected chi connectivity index (χ0v) is 18.0. The Balaban J connectivity index is 1.33. The van der Waals surface area contributed by atoms with Crippen LogP contribution in [0.4, 0.5) is 0 Å². The van der Waals surface area contributed by atoms with Crippen molar-refractivity contribution in [3.05, 3.63) is 11.6 Å². The Morgan fingerprint density at radius 1 is 1.11 bits per heavy atom. The van der Waals surface area contributed by atoms with Gasteiger partial charge in [0.1, 0.15) is 0 Å². The number of allylic oxidation sites excluding steroid dienone is 1. The normalized spacial score (nSPS) is 52.4. The van der Waals surface area contributed by atoms with E-state index in [2.05, 4.69) is 19.9 Å². The van der Waals surface area contributed by atoms with E-state index in [0.29, 0.717) is 35.7 Å². The number of aliphatic hydroxyl groups is 1. The summed E-state index contributed by atoms with van der Waals surface area (Å²) < 4.78 is 6.60. The molecule has 0 aromatic carbocycles. The van der Waals surface area contributed by atoms with Crippen molar-refractivity contribution in [2.45, 2.75) is 103 Å². The van der Waals surface area contributed by atoms with Gasteiger partial charge in [0.2, 0.25) is 0 Å². The third-order valence-corrected chi connectivity index (χ3v) is 10.2. The summed E-state index contributed by atoms with van der Waals surface area (Å²) in [5.74, 6) is 3.36. The number of hydrogen-bond donors (Lipinski definition) is 2. The SMILES string of the molecule is CC12CC[C@@H](N)CC1=CCC1C2CCC2(C)C3CC(CCCCO)OC3CC12. The summed E-state index contributed by atoms with van der Waals surface area (Å²) in [5, 5.41) is 9.07. The van der Waals surface area contributed by atoms with Crippen molar-refractivity contribution in [3.63, 3.8) is 0 Å². The molecule has 8 unspecified atom stereocenters. The van der Waals surface area contributed by atoms with Crippen LogP contribution in [-0.2, 0) is 4.74 Å². The molecule has 0 aromatic rings. The lowest BCUT2D eigenvalue weighted by molar-refractivity contribution is -0.0442. The van der Waals surface area contributed by atoms with Gasteiger partial charge in [0, 0.05) is 12.6 Å². The van der Waals surface area contributed by atoms with Crippen LogP contribution in [-0.4, -0.2) is 30.0 Å². The molecule has 3 nitrogen and oxygen atoms in total. The average molecular weight is 388 g/mol. The molecule has 0 amide bonds. The number of aliphatic hydroxyl groups excluding tert-OH is 1. The van der Waals surface area contributed by atoms with Crippen molar-refractivity contribution >= 4 is 0 Å². The zero-order chi connectivity index (χ0) is 19.5. The molecule has 4 aliphatic carbocycles. The molecular weight excluding hydrogens is 346 g/mol. The predicted octanol–water partition coefficient (Wildman–Crippen LogP) is 4.82. The van der Waals surface area contributed by atoms with Gasteiger partial charge < -0.3 is 15.6 Å². The van der Waals surface area contributed by atoms with E-state index in [0.717, 1.165) is 49.4 Å². The highest BCUT2D eigenvalue weighted by Crippen LogP contribution is 2.68. The number of fused-ring (bicyclic) bond motifs is 7. The Bertz CT molecular complexity index is 632. The van der Waals surface area contributed by atoms with Gasteiger partial charge in [0.05, 0.1) is 12.2 Å². The Kier molecular flexibility index (Phi) is 4.96. The summed E-state index contributed by atoms with van der Waals surface area (Å²) >= 11 is 0. The van der Waals surface area contributed by atoms with E-state index in [1.807, 2.05) is 0 Å². The molecule has 1 heterocycles. The molecule has 3 heteroatoms. The fourth-order valence-corrected chi connectivity index (χ4v) is 8.61. The molecule has 0 aromatic heterocycles. The van der Waals surface area contributed by atoms with Crippen molar-refractivity contribution in [1.82, 2.24) is 0 Å². The first-order valence-electron chi connectivity index (χ1n) is 12.2. The van der Waals surface area contributed by atoms with Gasteiger partial charge >= 0.3 is 0 Å². The quantitative estimate of drug-likeness (QED) is 0.537. The van der Waals surface area contributed by atoms with Crippen LogP contribution in [0.5, 0.6) is 0 Å². The van der Waals surface area contributed by atoms with Crippen LogP contribution < -0.4 is 5.73 Å². The lowest BCUT2D eigenvalue weighted by Gasteiger charge is -2.58. The third kappa shape index (κ3) is 2.87. The van der Waals surface area contributed by atoms with Crippen LogP contribution >= 0.6 is 0 Å². The second kappa shape index (κ2) is 7.10. The summed E-state index contributed by atoms with van der Waals surface area (Å²) in [6.45, 7) is 5.52. The summed E-state index contributed by atoms with van der Waals surface area (Å²) in [7, 11) is 0. The minimum absolute atomic E-state index is 0.321. The Morgan fingerprint density at radius 2 is 1.96 bits per heavy atom. The monoisotopic (exact) mass is 387 g/mol. The van der Waals surface area contributed by atoms with Crippen LogP contribution in [0.3, 0.4) is 0 Å². The molecule has 0 bridgehead atoms. The Labute approximate surface area is 171 Å².